The van der Waals surface area contributed by atoms with Crippen molar-refractivity contribution in [1.29, 1.82) is 0 Å². The first-order valence-electron chi connectivity index (χ1n) is 6.70. The molecule has 1 aliphatic rings. The Kier molecular flexibility index (Phi) is 4.75. The highest BCUT2D eigenvalue weighted by molar-refractivity contribution is 5.04. The molecule has 0 amide bonds. The molecule has 1 aromatic heterocycles. The molecule has 0 radical (unpaired) electrons. The second-order valence-electron chi connectivity index (χ2n) is 4.67. The van der Waals surface area contributed by atoms with Gasteiger partial charge in [-0.05, 0) is 45.2 Å². The normalized spacial score (nSPS) is 19.7. The third-order valence-corrected chi connectivity index (χ3v) is 3.39. The van der Waals surface area contributed by atoms with E-state index in [2.05, 4.69) is 10.3 Å². The highest BCUT2D eigenvalue weighted by atomic mass is 16.5. The fourth-order valence-corrected chi connectivity index (χ4v) is 2.27. The van der Waals surface area contributed by atoms with Crippen molar-refractivity contribution in [2.75, 3.05) is 19.7 Å². The molecule has 1 saturated heterocycles. The average molecular weight is 251 g/mol. The first-order chi connectivity index (χ1) is 8.81. The zero-order chi connectivity index (χ0) is 12.8. The maximum Gasteiger partial charge on any atom is 0.313 e. The zero-order valence-electron chi connectivity index (χ0n) is 10.9. The maximum atomic E-state index is 11.8. The van der Waals surface area contributed by atoms with Crippen LogP contribution >= 0.6 is 0 Å². The van der Waals surface area contributed by atoms with Gasteiger partial charge in [0.05, 0.1) is 6.61 Å². The van der Waals surface area contributed by atoms with E-state index in [1.807, 2.05) is 6.92 Å². The molecule has 1 fully saturated rings. The lowest BCUT2D eigenvalue weighted by Gasteiger charge is -2.22. The lowest BCUT2D eigenvalue weighted by atomic mass is 9.97. The van der Waals surface area contributed by atoms with Crippen LogP contribution in [0.1, 0.15) is 26.2 Å². The van der Waals surface area contributed by atoms with Gasteiger partial charge in [-0.15, -0.1) is 0 Å². The summed E-state index contributed by atoms with van der Waals surface area (Å²) in [5, 5.41) is 3.38. The Balaban J connectivity index is 1.84. The van der Waals surface area contributed by atoms with Gasteiger partial charge in [-0.1, -0.05) is 0 Å². The van der Waals surface area contributed by atoms with Gasteiger partial charge >= 0.3 is 5.56 Å². The number of rotatable bonds is 5. The first kappa shape index (κ1) is 13.1. The summed E-state index contributed by atoms with van der Waals surface area (Å²) in [5.74, 6) is 0.888. The van der Waals surface area contributed by atoms with Gasteiger partial charge in [-0.3, -0.25) is 4.79 Å². The Labute approximate surface area is 107 Å². The quantitative estimate of drug-likeness (QED) is 0.849. The number of nitrogens with zero attached hydrogens (tertiary/aromatic N) is 2. The van der Waals surface area contributed by atoms with Crippen LogP contribution in [0, 0.1) is 5.92 Å². The van der Waals surface area contributed by atoms with Crippen molar-refractivity contribution in [2.45, 2.75) is 32.7 Å². The van der Waals surface area contributed by atoms with Gasteiger partial charge in [0, 0.05) is 18.9 Å². The smallest absolute Gasteiger partial charge is 0.313 e. The molecule has 0 aliphatic carbocycles. The van der Waals surface area contributed by atoms with Crippen molar-refractivity contribution < 1.29 is 4.74 Å². The fraction of sp³-hybridized carbons (Fsp3) is 0.692. The van der Waals surface area contributed by atoms with Crippen LogP contribution in [0.2, 0.25) is 0 Å². The van der Waals surface area contributed by atoms with Crippen LogP contribution in [-0.4, -0.2) is 29.2 Å². The molecule has 1 unspecified atom stereocenters. The van der Waals surface area contributed by atoms with E-state index in [4.69, 9.17) is 4.74 Å². The monoisotopic (exact) mass is 251 g/mol. The molecule has 1 aromatic rings. The van der Waals surface area contributed by atoms with Gasteiger partial charge in [0.2, 0.25) is 0 Å². The topological polar surface area (TPSA) is 56.1 Å². The molecule has 2 rings (SSSR count). The minimum Gasteiger partial charge on any atom is -0.474 e. The van der Waals surface area contributed by atoms with E-state index < -0.39 is 0 Å². The Bertz CT molecular complexity index is 424. The summed E-state index contributed by atoms with van der Waals surface area (Å²) in [6.07, 6.45) is 6.76. The Morgan fingerprint density at radius 3 is 3.22 bits per heavy atom. The third kappa shape index (κ3) is 3.32. The van der Waals surface area contributed by atoms with Gasteiger partial charge < -0.3 is 14.6 Å². The predicted octanol–water partition coefficient (Wildman–Crippen LogP) is 1.03. The van der Waals surface area contributed by atoms with Crippen LogP contribution in [0.4, 0.5) is 0 Å². The summed E-state index contributed by atoms with van der Waals surface area (Å²) >= 11 is 0. The number of piperidine rings is 1. The third-order valence-electron chi connectivity index (χ3n) is 3.39. The van der Waals surface area contributed by atoms with Crippen LogP contribution in [0.25, 0.3) is 0 Å². The summed E-state index contributed by atoms with van der Waals surface area (Å²) in [5.41, 5.74) is -0.137. The van der Waals surface area contributed by atoms with E-state index in [0.717, 1.165) is 19.5 Å². The summed E-state index contributed by atoms with van der Waals surface area (Å²) in [4.78, 5) is 15.8. The molecule has 18 heavy (non-hydrogen) atoms. The fourth-order valence-electron chi connectivity index (χ4n) is 2.27. The van der Waals surface area contributed by atoms with E-state index in [1.165, 1.54) is 12.8 Å². The number of nitrogens with one attached hydrogen (secondary N) is 1. The lowest BCUT2D eigenvalue weighted by molar-refractivity contribution is 0.243. The molecule has 5 nitrogen and oxygen atoms in total. The van der Waals surface area contributed by atoms with E-state index >= 15 is 0 Å². The van der Waals surface area contributed by atoms with Gasteiger partial charge in [-0.2, -0.15) is 0 Å². The summed E-state index contributed by atoms with van der Waals surface area (Å²) < 4.78 is 7.11. The average Bonchev–Trinajstić information content (AvgIpc) is 2.42. The maximum absolute atomic E-state index is 11.8. The SMILES string of the molecule is CCn1ccnc(OCCC2CCCNC2)c1=O. The molecule has 1 atom stereocenters. The minimum absolute atomic E-state index is 0.137. The molecule has 0 bridgehead atoms. The van der Waals surface area contributed by atoms with Crippen molar-refractivity contribution in [3.8, 4) is 5.88 Å². The largest absolute Gasteiger partial charge is 0.474 e. The van der Waals surface area contributed by atoms with Crippen LogP contribution in [-0.2, 0) is 6.54 Å². The van der Waals surface area contributed by atoms with E-state index in [9.17, 15) is 4.79 Å². The van der Waals surface area contributed by atoms with E-state index in [0.29, 0.717) is 19.1 Å². The van der Waals surface area contributed by atoms with Crippen molar-refractivity contribution in [2.24, 2.45) is 5.92 Å². The van der Waals surface area contributed by atoms with Gasteiger partial charge in [0.25, 0.3) is 5.88 Å². The first-order valence-corrected chi connectivity index (χ1v) is 6.70. The number of ether oxygens (including phenoxy) is 1. The summed E-state index contributed by atoms with van der Waals surface area (Å²) in [7, 11) is 0. The van der Waals surface area contributed by atoms with Crippen LogP contribution in [0.15, 0.2) is 17.2 Å². The zero-order valence-corrected chi connectivity index (χ0v) is 10.9. The molecule has 1 aliphatic heterocycles. The highest BCUT2D eigenvalue weighted by Gasteiger charge is 2.13. The number of aryl methyl sites for hydroxylation is 1. The number of hydrogen-bond acceptors (Lipinski definition) is 4. The molecule has 5 heteroatoms. The van der Waals surface area contributed by atoms with Crippen molar-refractivity contribution in [3.63, 3.8) is 0 Å². The Hall–Kier alpha value is -1.36. The van der Waals surface area contributed by atoms with E-state index in [1.54, 1.807) is 17.0 Å². The second kappa shape index (κ2) is 6.54. The van der Waals surface area contributed by atoms with Gasteiger partial charge in [0.15, 0.2) is 0 Å². The molecular weight excluding hydrogens is 230 g/mol. The van der Waals surface area contributed by atoms with Crippen molar-refractivity contribution in [3.05, 3.63) is 22.7 Å². The lowest BCUT2D eigenvalue weighted by Crippen LogP contribution is -2.31. The Morgan fingerprint density at radius 2 is 2.50 bits per heavy atom. The van der Waals surface area contributed by atoms with Crippen LogP contribution in [0.5, 0.6) is 5.88 Å². The molecule has 0 aromatic carbocycles. The van der Waals surface area contributed by atoms with Crippen LogP contribution in [0.3, 0.4) is 0 Å². The van der Waals surface area contributed by atoms with Crippen molar-refractivity contribution >= 4 is 0 Å². The minimum atomic E-state index is -0.137. The van der Waals surface area contributed by atoms with Gasteiger partial charge in [0.1, 0.15) is 0 Å². The predicted molar refractivity (Wildman–Crippen MR) is 69.9 cm³/mol. The molecule has 1 N–H and O–H groups in total. The molecule has 0 spiro atoms. The molecular formula is C13H21N3O2. The summed E-state index contributed by atoms with van der Waals surface area (Å²) in [6, 6.07) is 0. The standard InChI is InChI=1S/C13H21N3O2/c1-2-16-8-7-15-12(13(16)17)18-9-5-11-4-3-6-14-10-11/h7-8,11,14H,2-6,9-10H2,1H3. The Morgan fingerprint density at radius 1 is 1.61 bits per heavy atom. The van der Waals surface area contributed by atoms with Crippen molar-refractivity contribution in [1.82, 2.24) is 14.9 Å². The molecule has 2 heterocycles. The highest BCUT2D eigenvalue weighted by Crippen LogP contribution is 2.13. The van der Waals surface area contributed by atoms with Gasteiger partial charge in [-0.25, -0.2) is 4.98 Å². The second-order valence-corrected chi connectivity index (χ2v) is 4.67. The van der Waals surface area contributed by atoms with E-state index in [-0.39, 0.29) is 11.4 Å². The summed E-state index contributed by atoms with van der Waals surface area (Å²) in [6.45, 7) is 5.33. The molecule has 100 valence electrons. The molecule has 0 saturated carbocycles. The number of hydrogen-bond donors (Lipinski definition) is 1. The number of aromatic nitrogens is 2. The van der Waals surface area contributed by atoms with Crippen LogP contribution < -0.4 is 15.6 Å².